The van der Waals surface area contributed by atoms with Crippen LogP contribution < -0.4 is 9.47 Å². The van der Waals surface area contributed by atoms with Crippen molar-refractivity contribution in [1.82, 2.24) is 9.80 Å². The molecule has 1 amide bonds. The first kappa shape index (κ1) is 27.4. The van der Waals surface area contributed by atoms with Gasteiger partial charge in [0, 0.05) is 31.7 Å². The van der Waals surface area contributed by atoms with Gasteiger partial charge in [0.1, 0.15) is 23.9 Å². The van der Waals surface area contributed by atoms with E-state index in [2.05, 4.69) is 11.5 Å². The predicted octanol–water partition coefficient (Wildman–Crippen LogP) is 4.18. The Morgan fingerprint density at radius 2 is 1.84 bits per heavy atom. The van der Waals surface area contributed by atoms with Gasteiger partial charge in [-0.1, -0.05) is 24.8 Å². The number of aliphatic hydroxyl groups is 1. The van der Waals surface area contributed by atoms with Gasteiger partial charge in [0.25, 0.3) is 11.7 Å². The molecule has 2 fully saturated rings. The molecule has 1 atom stereocenters. The molecule has 0 saturated carbocycles. The average molecular weight is 521 g/mol. The van der Waals surface area contributed by atoms with Crippen molar-refractivity contribution in [2.75, 3.05) is 46.0 Å². The molecule has 2 aliphatic rings. The second-order valence-corrected chi connectivity index (χ2v) is 9.66. The minimum absolute atomic E-state index is 0.00724. The molecule has 4 rings (SSSR count). The van der Waals surface area contributed by atoms with Gasteiger partial charge in [-0.2, -0.15) is 0 Å². The van der Waals surface area contributed by atoms with E-state index in [0.29, 0.717) is 55.4 Å². The van der Waals surface area contributed by atoms with E-state index in [9.17, 15) is 14.7 Å². The van der Waals surface area contributed by atoms with Crippen LogP contribution in [-0.4, -0.2) is 78.7 Å². The van der Waals surface area contributed by atoms with E-state index in [4.69, 9.17) is 14.2 Å². The maximum atomic E-state index is 13.3. The summed E-state index contributed by atoms with van der Waals surface area (Å²) in [5.74, 6) is -0.271. The lowest BCUT2D eigenvalue weighted by Gasteiger charge is -2.29. The molecule has 202 valence electrons. The topological polar surface area (TPSA) is 88.5 Å². The molecule has 0 aromatic heterocycles. The van der Waals surface area contributed by atoms with Gasteiger partial charge in [-0.3, -0.25) is 14.5 Å². The monoisotopic (exact) mass is 520 g/mol. The summed E-state index contributed by atoms with van der Waals surface area (Å²) in [6, 6.07) is 13.4. The summed E-state index contributed by atoms with van der Waals surface area (Å²) in [5.41, 5.74) is 1.20. The second-order valence-electron chi connectivity index (χ2n) is 9.66. The number of benzene rings is 2. The molecule has 8 nitrogen and oxygen atoms in total. The third-order valence-electron chi connectivity index (χ3n) is 6.56. The molecule has 1 unspecified atom stereocenters. The molecule has 0 radical (unpaired) electrons. The van der Waals surface area contributed by atoms with Crippen molar-refractivity contribution in [2.45, 2.75) is 32.4 Å². The quantitative estimate of drug-likeness (QED) is 0.206. The Bertz CT molecular complexity index is 1170. The van der Waals surface area contributed by atoms with Crippen LogP contribution >= 0.6 is 0 Å². The number of aliphatic hydroxyl groups excluding tert-OH is 1. The lowest BCUT2D eigenvalue weighted by Crippen LogP contribution is -2.38. The second kappa shape index (κ2) is 12.8. The van der Waals surface area contributed by atoms with Gasteiger partial charge in [0.2, 0.25) is 0 Å². The molecule has 0 aliphatic carbocycles. The van der Waals surface area contributed by atoms with Crippen molar-refractivity contribution in [2.24, 2.45) is 0 Å². The Labute approximate surface area is 224 Å². The highest BCUT2D eigenvalue weighted by atomic mass is 16.5. The van der Waals surface area contributed by atoms with Crippen molar-refractivity contribution < 1.29 is 28.9 Å². The van der Waals surface area contributed by atoms with E-state index < -0.39 is 17.7 Å². The number of ketones is 1. The number of hydrogen-bond acceptors (Lipinski definition) is 7. The summed E-state index contributed by atoms with van der Waals surface area (Å²) in [5, 5.41) is 11.3. The molecule has 38 heavy (non-hydrogen) atoms. The Morgan fingerprint density at radius 3 is 2.53 bits per heavy atom. The SMILES string of the molecule is C=CCOc1cccc(C2/C(=C(/O)c3ccc(OC(C)C)cc3)C(=O)C(=O)N2CCCN2CCOCC2)c1. The summed E-state index contributed by atoms with van der Waals surface area (Å²) in [6.45, 7) is 12.1. The highest BCUT2D eigenvalue weighted by Gasteiger charge is 2.46. The molecular weight excluding hydrogens is 484 g/mol. The molecular formula is C30H36N2O6. The Balaban J connectivity index is 1.67. The number of amides is 1. The van der Waals surface area contributed by atoms with E-state index in [0.717, 1.165) is 19.6 Å². The Hall–Kier alpha value is -3.62. The fraction of sp³-hybridized carbons (Fsp3) is 0.400. The van der Waals surface area contributed by atoms with Crippen LogP contribution in [-0.2, 0) is 14.3 Å². The van der Waals surface area contributed by atoms with E-state index in [-0.39, 0.29) is 17.4 Å². The maximum Gasteiger partial charge on any atom is 0.295 e. The van der Waals surface area contributed by atoms with E-state index in [1.807, 2.05) is 38.1 Å². The minimum Gasteiger partial charge on any atom is -0.507 e. The number of rotatable bonds is 11. The molecule has 2 aromatic carbocycles. The molecule has 2 aromatic rings. The summed E-state index contributed by atoms with van der Waals surface area (Å²) >= 11 is 0. The molecule has 2 saturated heterocycles. The predicted molar refractivity (Wildman–Crippen MR) is 145 cm³/mol. The van der Waals surface area contributed by atoms with E-state index in [1.165, 1.54) is 0 Å². The standard InChI is InChI=1S/C30H36N2O6/c1-4-17-37-25-8-5-7-23(20-25)27-26(28(33)22-9-11-24(12-10-22)38-21(2)3)29(34)30(35)32(27)14-6-13-31-15-18-36-19-16-31/h4-5,7-12,20-21,27,33H,1,6,13-19H2,2-3H3/b28-26-. The summed E-state index contributed by atoms with van der Waals surface area (Å²) in [4.78, 5) is 30.5. The zero-order valence-corrected chi connectivity index (χ0v) is 22.1. The maximum absolute atomic E-state index is 13.3. The van der Waals surface area contributed by atoms with E-state index in [1.54, 1.807) is 35.2 Å². The number of nitrogens with zero attached hydrogens (tertiary/aromatic N) is 2. The summed E-state index contributed by atoms with van der Waals surface area (Å²) in [6.07, 6.45) is 2.35. The number of morpholine rings is 1. The average Bonchev–Trinajstić information content (AvgIpc) is 3.17. The van der Waals surface area contributed by atoms with Gasteiger partial charge in [0.15, 0.2) is 0 Å². The Kier molecular flexibility index (Phi) is 9.20. The number of Topliss-reactive ketones (excluding diaryl/α,β-unsaturated/α-hetero) is 1. The first-order valence-electron chi connectivity index (χ1n) is 13.1. The highest BCUT2D eigenvalue weighted by molar-refractivity contribution is 6.46. The van der Waals surface area contributed by atoms with Gasteiger partial charge < -0.3 is 24.2 Å². The fourth-order valence-corrected chi connectivity index (χ4v) is 4.80. The highest BCUT2D eigenvalue weighted by Crippen LogP contribution is 2.40. The van der Waals surface area contributed by atoms with Gasteiger partial charge in [-0.05, 0) is 62.2 Å². The van der Waals surface area contributed by atoms with Gasteiger partial charge >= 0.3 is 0 Å². The molecule has 0 spiro atoms. The number of carbonyl (C=O) groups excluding carboxylic acids is 2. The molecule has 2 aliphatic heterocycles. The summed E-state index contributed by atoms with van der Waals surface area (Å²) < 4.78 is 16.8. The van der Waals surface area contributed by atoms with Gasteiger partial charge in [-0.15, -0.1) is 0 Å². The Morgan fingerprint density at radius 1 is 1.11 bits per heavy atom. The van der Waals surface area contributed by atoms with E-state index >= 15 is 0 Å². The van der Waals surface area contributed by atoms with Gasteiger partial charge in [0.05, 0.1) is 30.9 Å². The van der Waals surface area contributed by atoms with Crippen molar-refractivity contribution in [3.05, 3.63) is 77.9 Å². The van der Waals surface area contributed by atoms with Crippen molar-refractivity contribution in [3.63, 3.8) is 0 Å². The molecule has 8 heteroatoms. The lowest BCUT2D eigenvalue weighted by atomic mass is 9.95. The first-order valence-corrected chi connectivity index (χ1v) is 13.1. The van der Waals surface area contributed by atoms with Crippen LogP contribution in [0.4, 0.5) is 0 Å². The minimum atomic E-state index is -0.737. The third-order valence-corrected chi connectivity index (χ3v) is 6.56. The smallest absolute Gasteiger partial charge is 0.295 e. The first-order chi connectivity index (χ1) is 18.4. The lowest BCUT2D eigenvalue weighted by molar-refractivity contribution is -0.140. The normalized spacial score (nSPS) is 19.7. The molecule has 1 N–H and O–H groups in total. The van der Waals surface area contributed by atoms with Crippen LogP contribution in [0.5, 0.6) is 11.5 Å². The fourth-order valence-electron chi connectivity index (χ4n) is 4.80. The van der Waals surface area contributed by atoms with Crippen LogP contribution in [0.2, 0.25) is 0 Å². The van der Waals surface area contributed by atoms with Crippen LogP contribution in [0.15, 0.2) is 66.8 Å². The van der Waals surface area contributed by atoms with Crippen molar-refractivity contribution in [1.29, 1.82) is 0 Å². The van der Waals surface area contributed by atoms with Gasteiger partial charge in [-0.25, -0.2) is 0 Å². The molecule has 2 heterocycles. The van der Waals surface area contributed by atoms with Crippen LogP contribution in [0.1, 0.15) is 37.4 Å². The zero-order chi connectivity index (χ0) is 27.1. The van der Waals surface area contributed by atoms with Crippen LogP contribution in [0.3, 0.4) is 0 Å². The van der Waals surface area contributed by atoms with Crippen LogP contribution in [0, 0.1) is 0 Å². The largest absolute Gasteiger partial charge is 0.507 e. The molecule has 0 bridgehead atoms. The van der Waals surface area contributed by atoms with Crippen molar-refractivity contribution >= 4 is 17.4 Å². The van der Waals surface area contributed by atoms with Crippen molar-refractivity contribution in [3.8, 4) is 11.5 Å². The number of carbonyl (C=O) groups is 2. The summed E-state index contributed by atoms with van der Waals surface area (Å²) in [7, 11) is 0. The number of likely N-dealkylation sites (tertiary alicyclic amines) is 1. The zero-order valence-electron chi connectivity index (χ0n) is 22.1. The number of ether oxygens (including phenoxy) is 3. The van der Waals surface area contributed by atoms with Crippen LogP contribution in [0.25, 0.3) is 5.76 Å². The third kappa shape index (κ3) is 6.44. The number of hydrogen-bond donors (Lipinski definition) is 1.